The van der Waals surface area contributed by atoms with Gasteiger partial charge in [0.1, 0.15) is 17.5 Å². The van der Waals surface area contributed by atoms with Gasteiger partial charge in [-0.3, -0.25) is 0 Å². The minimum absolute atomic E-state index is 0.270. The Morgan fingerprint density at radius 3 is 2.55 bits per heavy atom. The Labute approximate surface area is 167 Å². The second-order valence-corrected chi connectivity index (χ2v) is 7.14. The largest absolute Gasteiger partial charge is 0.356 e. The number of hydrogen-bond donors (Lipinski definition) is 0. The van der Waals surface area contributed by atoms with Gasteiger partial charge in [-0.05, 0) is 31.2 Å². The van der Waals surface area contributed by atoms with Crippen LogP contribution in [0.15, 0.2) is 65.2 Å². The van der Waals surface area contributed by atoms with Crippen molar-refractivity contribution in [1.82, 2.24) is 15.1 Å². The van der Waals surface area contributed by atoms with Crippen molar-refractivity contribution in [3.63, 3.8) is 0 Å². The maximum Gasteiger partial charge on any atom is 0.172 e. The van der Waals surface area contributed by atoms with E-state index >= 15 is 0 Å². The van der Waals surface area contributed by atoms with E-state index in [2.05, 4.69) is 20.0 Å². The molecule has 0 saturated carbocycles. The molecule has 0 aliphatic carbocycles. The van der Waals surface area contributed by atoms with Crippen LogP contribution in [0.2, 0.25) is 0 Å². The Bertz CT molecular complexity index is 1160. The van der Waals surface area contributed by atoms with Crippen LogP contribution in [0.25, 0.3) is 22.6 Å². The van der Waals surface area contributed by atoms with Gasteiger partial charge in [-0.15, -0.1) is 0 Å². The molecule has 1 aliphatic rings. The van der Waals surface area contributed by atoms with Crippen LogP contribution in [0.5, 0.6) is 0 Å². The first-order valence-electron chi connectivity index (χ1n) is 9.57. The summed E-state index contributed by atoms with van der Waals surface area (Å²) in [6.07, 6.45) is 0.768. The smallest absolute Gasteiger partial charge is 0.172 e. The predicted molar refractivity (Wildman–Crippen MR) is 109 cm³/mol. The van der Waals surface area contributed by atoms with Gasteiger partial charge in [0.05, 0.1) is 17.9 Å². The minimum Gasteiger partial charge on any atom is -0.356 e. The number of anilines is 1. The van der Waals surface area contributed by atoms with E-state index in [1.54, 1.807) is 12.1 Å². The highest BCUT2D eigenvalue weighted by Crippen LogP contribution is 2.33. The van der Waals surface area contributed by atoms with Crippen molar-refractivity contribution >= 4 is 5.82 Å². The van der Waals surface area contributed by atoms with Gasteiger partial charge in [-0.1, -0.05) is 35.5 Å². The van der Waals surface area contributed by atoms with Crippen LogP contribution >= 0.6 is 0 Å². The van der Waals surface area contributed by atoms with Gasteiger partial charge in [-0.25, -0.2) is 14.4 Å². The molecule has 0 atom stereocenters. The van der Waals surface area contributed by atoms with Gasteiger partial charge in [0, 0.05) is 35.7 Å². The van der Waals surface area contributed by atoms with E-state index in [4.69, 9.17) is 4.52 Å². The lowest BCUT2D eigenvalue weighted by molar-refractivity contribution is 0.424. The summed E-state index contributed by atoms with van der Waals surface area (Å²) in [5.41, 5.74) is 4.78. The normalized spacial score (nSPS) is 13.4. The third-order valence-electron chi connectivity index (χ3n) is 5.16. The van der Waals surface area contributed by atoms with Gasteiger partial charge >= 0.3 is 0 Å². The maximum absolute atomic E-state index is 13.3. The lowest BCUT2D eigenvalue weighted by Gasteiger charge is -2.28. The van der Waals surface area contributed by atoms with Crippen molar-refractivity contribution in [2.24, 2.45) is 0 Å². The average Bonchev–Trinajstić information content (AvgIpc) is 3.18. The number of rotatable bonds is 3. The molecule has 4 aromatic rings. The fourth-order valence-electron chi connectivity index (χ4n) is 3.71. The van der Waals surface area contributed by atoms with E-state index in [-0.39, 0.29) is 5.82 Å². The zero-order chi connectivity index (χ0) is 19.8. The molecule has 0 fully saturated rings. The molecule has 144 valence electrons. The summed E-state index contributed by atoms with van der Waals surface area (Å²) in [6.45, 7) is 3.35. The molecule has 0 saturated heterocycles. The number of halogens is 1. The van der Waals surface area contributed by atoms with Crippen molar-refractivity contribution < 1.29 is 8.91 Å². The number of aromatic nitrogens is 3. The first-order valence-corrected chi connectivity index (χ1v) is 9.57. The molecule has 0 spiro atoms. The average molecular weight is 386 g/mol. The highest BCUT2D eigenvalue weighted by molar-refractivity contribution is 5.66. The van der Waals surface area contributed by atoms with Crippen LogP contribution in [0.3, 0.4) is 0 Å². The van der Waals surface area contributed by atoms with Crippen LogP contribution < -0.4 is 4.90 Å². The molecule has 0 amide bonds. The fraction of sp³-hybridized carbons (Fsp3) is 0.174. The third kappa shape index (κ3) is 3.38. The Morgan fingerprint density at radius 2 is 1.76 bits per heavy atom. The molecule has 5 nitrogen and oxygen atoms in total. The SMILES string of the molecule is Cc1nc(-c2ccccc2)cc(N2CCc3noc(-c4ccc(F)cc4)c3C2)n1. The van der Waals surface area contributed by atoms with Crippen molar-refractivity contribution in [2.45, 2.75) is 19.9 Å². The van der Waals surface area contributed by atoms with E-state index in [0.29, 0.717) is 12.3 Å². The Balaban J connectivity index is 1.49. The predicted octanol–water partition coefficient (Wildman–Crippen LogP) is 4.81. The number of fused-ring (bicyclic) bond motifs is 1. The molecule has 29 heavy (non-hydrogen) atoms. The molecule has 0 N–H and O–H groups in total. The van der Waals surface area contributed by atoms with Gasteiger partial charge < -0.3 is 9.42 Å². The molecular weight excluding hydrogens is 367 g/mol. The molecule has 0 unspecified atom stereocenters. The molecule has 1 aliphatic heterocycles. The molecule has 0 radical (unpaired) electrons. The summed E-state index contributed by atoms with van der Waals surface area (Å²) < 4.78 is 18.9. The minimum atomic E-state index is -0.270. The van der Waals surface area contributed by atoms with Crippen molar-refractivity contribution in [2.75, 3.05) is 11.4 Å². The van der Waals surface area contributed by atoms with Crippen LogP contribution in [0, 0.1) is 12.7 Å². The Morgan fingerprint density at radius 1 is 0.966 bits per heavy atom. The van der Waals surface area contributed by atoms with Gasteiger partial charge in [0.25, 0.3) is 0 Å². The molecular formula is C23H19FN4O. The van der Waals surface area contributed by atoms with Crippen molar-refractivity contribution in [1.29, 1.82) is 0 Å². The maximum atomic E-state index is 13.3. The standard InChI is InChI=1S/C23H19FN4O/c1-15-25-21(16-5-3-2-4-6-16)13-22(26-15)28-12-11-20-19(14-28)23(29-27-20)17-7-9-18(24)10-8-17/h2-10,13H,11-12,14H2,1H3. The van der Waals surface area contributed by atoms with E-state index in [0.717, 1.165) is 52.7 Å². The summed E-state index contributed by atoms with van der Waals surface area (Å²) in [5.74, 6) is 2.04. The molecule has 6 heteroatoms. The number of nitrogens with zero attached hydrogens (tertiary/aromatic N) is 4. The molecule has 5 rings (SSSR count). The first kappa shape index (κ1) is 17.6. The summed E-state index contributed by atoms with van der Waals surface area (Å²) >= 11 is 0. The molecule has 0 bridgehead atoms. The Hall–Kier alpha value is -3.54. The van der Waals surface area contributed by atoms with Gasteiger partial charge in [0.15, 0.2) is 5.76 Å². The van der Waals surface area contributed by atoms with E-state index in [1.807, 2.05) is 43.3 Å². The summed E-state index contributed by atoms with van der Waals surface area (Å²) in [5, 5.41) is 4.24. The third-order valence-corrected chi connectivity index (χ3v) is 5.16. The fourth-order valence-corrected chi connectivity index (χ4v) is 3.71. The topological polar surface area (TPSA) is 55.1 Å². The summed E-state index contributed by atoms with van der Waals surface area (Å²) in [7, 11) is 0. The molecule has 2 aromatic heterocycles. The summed E-state index contributed by atoms with van der Waals surface area (Å²) in [4.78, 5) is 11.5. The highest BCUT2D eigenvalue weighted by Gasteiger charge is 2.26. The van der Waals surface area contributed by atoms with Crippen molar-refractivity contribution in [3.8, 4) is 22.6 Å². The van der Waals surface area contributed by atoms with Gasteiger partial charge in [0.2, 0.25) is 0 Å². The highest BCUT2D eigenvalue weighted by atomic mass is 19.1. The Kier molecular flexibility index (Phi) is 4.31. The van der Waals surface area contributed by atoms with Crippen LogP contribution in [0.4, 0.5) is 10.2 Å². The lowest BCUT2D eigenvalue weighted by atomic mass is 10.0. The van der Waals surface area contributed by atoms with E-state index in [9.17, 15) is 4.39 Å². The number of hydrogen-bond acceptors (Lipinski definition) is 5. The lowest BCUT2D eigenvalue weighted by Crippen LogP contribution is -2.31. The van der Waals surface area contributed by atoms with Gasteiger partial charge in [-0.2, -0.15) is 0 Å². The van der Waals surface area contributed by atoms with E-state index in [1.165, 1.54) is 12.1 Å². The second kappa shape index (κ2) is 7.13. The summed E-state index contributed by atoms with van der Waals surface area (Å²) in [6, 6.07) is 18.4. The number of benzene rings is 2. The molecule has 2 aromatic carbocycles. The van der Waals surface area contributed by atoms with Crippen LogP contribution in [0.1, 0.15) is 17.1 Å². The first-order chi connectivity index (χ1) is 14.2. The van der Waals surface area contributed by atoms with Crippen molar-refractivity contribution in [3.05, 3.63) is 83.6 Å². The monoisotopic (exact) mass is 386 g/mol. The zero-order valence-corrected chi connectivity index (χ0v) is 16.0. The zero-order valence-electron chi connectivity index (χ0n) is 16.0. The second-order valence-electron chi connectivity index (χ2n) is 7.14. The number of aryl methyl sites for hydroxylation is 1. The van der Waals surface area contributed by atoms with Crippen LogP contribution in [-0.4, -0.2) is 21.7 Å². The quantitative estimate of drug-likeness (QED) is 0.506. The molecule has 3 heterocycles. The van der Waals surface area contributed by atoms with E-state index < -0.39 is 0 Å². The van der Waals surface area contributed by atoms with Crippen LogP contribution in [-0.2, 0) is 13.0 Å².